The molecule has 0 spiro atoms. The van der Waals surface area contributed by atoms with E-state index < -0.39 is 0 Å². The molecule has 0 atom stereocenters. The minimum absolute atomic E-state index is 1.15. The fraction of sp³-hybridized carbons (Fsp3) is 0. The summed E-state index contributed by atoms with van der Waals surface area (Å²) in [6.45, 7) is 0. The highest BCUT2D eigenvalue weighted by molar-refractivity contribution is 7.27. The van der Waals surface area contributed by atoms with Gasteiger partial charge in [0.1, 0.15) is 0 Å². The summed E-state index contributed by atoms with van der Waals surface area (Å²) in [5, 5.41) is 13.0. The second kappa shape index (κ2) is 9.17. The maximum Gasteiger partial charge on any atom is 0.0546 e. The van der Waals surface area contributed by atoms with Crippen LogP contribution in [0.2, 0.25) is 0 Å². The Kier molecular flexibility index (Phi) is 5.13. The molecule has 0 aliphatic heterocycles. The molecular formula is C40H25NS. The minimum atomic E-state index is 1.15. The van der Waals surface area contributed by atoms with Crippen LogP contribution in [0.5, 0.6) is 0 Å². The second-order valence-corrected chi connectivity index (χ2v) is 12.0. The van der Waals surface area contributed by atoms with Crippen molar-refractivity contribution < 1.29 is 0 Å². The Morgan fingerprint density at radius 2 is 0.952 bits per heavy atom. The van der Waals surface area contributed by atoms with Crippen LogP contribution in [0, 0.1) is 0 Å². The number of para-hydroxylation sites is 1. The van der Waals surface area contributed by atoms with E-state index in [4.69, 9.17) is 0 Å². The van der Waals surface area contributed by atoms with Gasteiger partial charge in [-0.05, 0) is 68.7 Å². The van der Waals surface area contributed by atoms with Crippen molar-refractivity contribution in [1.82, 2.24) is 0 Å². The average Bonchev–Trinajstić information content (AvgIpc) is 3.45. The first kappa shape index (κ1) is 23.5. The molecule has 196 valence electrons. The normalized spacial score (nSPS) is 11.8. The first-order valence-electron chi connectivity index (χ1n) is 14.4. The van der Waals surface area contributed by atoms with Crippen LogP contribution in [-0.4, -0.2) is 0 Å². The Balaban J connectivity index is 1.39. The van der Waals surface area contributed by atoms with Crippen molar-refractivity contribution in [2.75, 3.05) is 4.90 Å². The molecule has 2 heteroatoms. The van der Waals surface area contributed by atoms with Crippen molar-refractivity contribution in [2.45, 2.75) is 0 Å². The molecule has 0 aliphatic carbocycles. The molecule has 0 bridgehead atoms. The summed E-state index contributed by atoms with van der Waals surface area (Å²) in [4.78, 5) is 2.43. The van der Waals surface area contributed by atoms with Crippen LogP contribution in [0.4, 0.5) is 17.1 Å². The highest BCUT2D eigenvalue weighted by Crippen LogP contribution is 2.47. The van der Waals surface area contributed by atoms with Crippen molar-refractivity contribution in [3.8, 4) is 0 Å². The van der Waals surface area contributed by atoms with Crippen LogP contribution in [0.1, 0.15) is 0 Å². The quantitative estimate of drug-likeness (QED) is 0.197. The first-order valence-corrected chi connectivity index (χ1v) is 15.2. The number of hydrogen-bond acceptors (Lipinski definition) is 2. The second-order valence-electron chi connectivity index (χ2n) is 10.9. The predicted octanol–water partition coefficient (Wildman–Crippen LogP) is 12.1. The largest absolute Gasteiger partial charge is 0.310 e. The number of thiophene rings is 1. The van der Waals surface area contributed by atoms with E-state index in [2.05, 4.69) is 157 Å². The summed E-state index contributed by atoms with van der Waals surface area (Å²) >= 11 is 1.90. The van der Waals surface area contributed by atoms with E-state index in [1.807, 2.05) is 11.3 Å². The third-order valence-corrected chi connectivity index (χ3v) is 9.79. The number of nitrogens with zero attached hydrogens (tertiary/aromatic N) is 1. The standard InChI is InChI=1S/C40H25NS/c1-2-13-27(14-3-1)41(37-24-26-12-4-5-15-29(26)30-16-6-9-19-33(30)37)28-22-23-38-36(25-28)39-34-20-10-7-17-31(34)32-18-8-11-21-35(32)40(39)42-38/h1-25H. The number of benzene rings is 8. The number of hydrogen-bond donors (Lipinski definition) is 0. The maximum absolute atomic E-state index is 2.43. The third-order valence-electron chi connectivity index (χ3n) is 8.59. The maximum atomic E-state index is 2.43. The number of anilines is 3. The van der Waals surface area contributed by atoms with Crippen LogP contribution in [0.25, 0.3) is 63.3 Å². The van der Waals surface area contributed by atoms with E-state index in [-0.39, 0.29) is 0 Å². The number of fused-ring (bicyclic) bond motifs is 11. The highest BCUT2D eigenvalue weighted by Gasteiger charge is 2.20. The zero-order chi connectivity index (χ0) is 27.6. The van der Waals surface area contributed by atoms with Gasteiger partial charge in [-0.2, -0.15) is 0 Å². The van der Waals surface area contributed by atoms with Gasteiger partial charge >= 0.3 is 0 Å². The van der Waals surface area contributed by atoms with Crippen LogP contribution >= 0.6 is 11.3 Å². The van der Waals surface area contributed by atoms with Crippen molar-refractivity contribution in [3.63, 3.8) is 0 Å². The molecular weight excluding hydrogens is 527 g/mol. The van der Waals surface area contributed by atoms with Crippen molar-refractivity contribution >= 4 is 91.7 Å². The van der Waals surface area contributed by atoms with Gasteiger partial charge in [-0.1, -0.05) is 115 Å². The van der Waals surface area contributed by atoms with E-state index in [9.17, 15) is 0 Å². The van der Waals surface area contributed by atoms with Gasteiger partial charge in [0.05, 0.1) is 5.69 Å². The van der Waals surface area contributed by atoms with Gasteiger partial charge in [-0.25, -0.2) is 0 Å². The van der Waals surface area contributed by atoms with Gasteiger partial charge in [0.2, 0.25) is 0 Å². The SMILES string of the molecule is c1ccc(N(c2ccc3sc4c5ccccc5c5ccccc5c4c3c2)c2cc3ccccc3c3ccccc23)cc1. The van der Waals surface area contributed by atoms with Gasteiger partial charge in [0, 0.05) is 42.3 Å². The molecule has 8 aromatic carbocycles. The van der Waals surface area contributed by atoms with E-state index in [0.717, 1.165) is 11.4 Å². The summed E-state index contributed by atoms with van der Waals surface area (Å²) in [5.74, 6) is 0. The smallest absolute Gasteiger partial charge is 0.0546 e. The molecule has 1 heterocycles. The van der Waals surface area contributed by atoms with Crippen LogP contribution < -0.4 is 4.90 Å². The molecule has 0 aliphatic rings. The summed E-state index contributed by atoms with van der Waals surface area (Å²) in [7, 11) is 0. The van der Waals surface area contributed by atoms with E-state index in [0.29, 0.717) is 0 Å². The number of rotatable bonds is 3. The average molecular weight is 552 g/mol. The van der Waals surface area contributed by atoms with Gasteiger partial charge in [-0.15, -0.1) is 11.3 Å². The van der Waals surface area contributed by atoms with Crippen molar-refractivity contribution in [2.24, 2.45) is 0 Å². The molecule has 9 aromatic rings. The van der Waals surface area contributed by atoms with Gasteiger partial charge in [0.25, 0.3) is 0 Å². The minimum Gasteiger partial charge on any atom is -0.310 e. The molecule has 42 heavy (non-hydrogen) atoms. The molecule has 1 aromatic heterocycles. The van der Waals surface area contributed by atoms with E-state index >= 15 is 0 Å². The molecule has 0 amide bonds. The Labute approximate surface area is 247 Å². The van der Waals surface area contributed by atoms with Crippen molar-refractivity contribution in [1.29, 1.82) is 0 Å². The molecule has 1 nitrogen and oxygen atoms in total. The van der Waals surface area contributed by atoms with Gasteiger partial charge in [0.15, 0.2) is 0 Å². The monoisotopic (exact) mass is 551 g/mol. The Morgan fingerprint density at radius 3 is 1.71 bits per heavy atom. The topological polar surface area (TPSA) is 3.24 Å². The third kappa shape index (κ3) is 3.43. The lowest BCUT2D eigenvalue weighted by atomic mass is 9.96. The molecule has 0 saturated heterocycles. The van der Waals surface area contributed by atoms with Gasteiger partial charge < -0.3 is 4.90 Å². The van der Waals surface area contributed by atoms with E-state index in [1.54, 1.807) is 0 Å². The van der Waals surface area contributed by atoms with Crippen LogP contribution in [0.15, 0.2) is 152 Å². The van der Waals surface area contributed by atoms with Crippen LogP contribution in [-0.2, 0) is 0 Å². The van der Waals surface area contributed by atoms with E-state index in [1.165, 1.54) is 68.9 Å². The first-order chi connectivity index (χ1) is 20.8. The van der Waals surface area contributed by atoms with Crippen molar-refractivity contribution in [3.05, 3.63) is 152 Å². The lowest BCUT2D eigenvalue weighted by molar-refractivity contribution is 1.31. The summed E-state index contributed by atoms with van der Waals surface area (Å²) in [5.41, 5.74) is 3.49. The molecule has 0 N–H and O–H groups in total. The summed E-state index contributed by atoms with van der Waals surface area (Å²) in [6, 6.07) is 55.4. The fourth-order valence-electron chi connectivity index (χ4n) is 6.76. The lowest BCUT2D eigenvalue weighted by Crippen LogP contribution is -2.10. The lowest BCUT2D eigenvalue weighted by Gasteiger charge is -2.27. The van der Waals surface area contributed by atoms with Gasteiger partial charge in [-0.3, -0.25) is 0 Å². The highest BCUT2D eigenvalue weighted by atomic mass is 32.1. The molecule has 0 unspecified atom stereocenters. The molecule has 9 rings (SSSR count). The summed E-state index contributed by atoms with van der Waals surface area (Å²) in [6.07, 6.45) is 0. The zero-order valence-corrected chi connectivity index (χ0v) is 23.6. The zero-order valence-electron chi connectivity index (χ0n) is 22.8. The Morgan fingerprint density at radius 1 is 0.381 bits per heavy atom. The molecule has 0 fully saturated rings. The summed E-state index contributed by atoms with van der Waals surface area (Å²) < 4.78 is 2.67. The fourth-order valence-corrected chi connectivity index (χ4v) is 7.99. The Hall–Kier alpha value is -5.18. The van der Waals surface area contributed by atoms with Crippen LogP contribution in [0.3, 0.4) is 0 Å². The molecule has 0 saturated carbocycles. The predicted molar refractivity (Wildman–Crippen MR) is 184 cm³/mol. The molecule has 0 radical (unpaired) electrons. The Bertz CT molecular complexity index is 2470.